The molecule has 0 aliphatic heterocycles. The molecule has 3 fully saturated rings. The Bertz CT molecular complexity index is 893. The summed E-state index contributed by atoms with van der Waals surface area (Å²) in [5, 5.41) is 16.1. The molecule has 0 heterocycles. The van der Waals surface area contributed by atoms with Crippen LogP contribution in [0.25, 0.3) is 0 Å². The fourth-order valence-corrected chi connectivity index (χ4v) is 6.00. The summed E-state index contributed by atoms with van der Waals surface area (Å²) >= 11 is 9.53. The van der Waals surface area contributed by atoms with Crippen molar-refractivity contribution in [3.63, 3.8) is 0 Å². The summed E-state index contributed by atoms with van der Waals surface area (Å²) in [4.78, 5) is 37.2. The number of carboxylic acid groups (broad SMARTS) is 1. The van der Waals surface area contributed by atoms with Gasteiger partial charge in [0.25, 0.3) is 0 Å². The third-order valence-electron chi connectivity index (χ3n) is 9.03. The maximum absolute atomic E-state index is 11.9. The molecule has 3 rings (SSSR count). The summed E-state index contributed by atoms with van der Waals surface area (Å²) in [5.74, 6) is -1.38. The molecule has 0 aromatic carbocycles. The second-order valence-electron chi connectivity index (χ2n) is 12.4. The van der Waals surface area contributed by atoms with Gasteiger partial charge >= 0.3 is 53.6 Å². The van der Waals surface area contributed by atoms with Gasteiger partial charge in [0.15, 0.2) is 6.61 Å². The van der Waals surface area contributed by atoms with Gasteiger partial charge in [-0.15, -0.1) is 23.2 Å². The van der Waals surface area contributed by atoms with Gasteiger partial charge in [-0.05, 0) is 82.5 Å². The predicted molar refractivity (Wildman–Crippen MR) is 181 cm³/mol. The van der Waals surface area contributed by atoms with E-state index >= 15 is 0 Å². The first-order chi connectivity index (χ1) is 23.0. The predicted octanol–water partition coefficient (Wildman–Crippen LogP) is 4.42. The van der Waals surface area contributed by atoms with Gasteiger partial charge in [0.2, 0.25) is 0 Å². The first-order valence-corrected chi connectivity index (χ1v) is 17.6. The van der Waals surface area contributed by atoms with Crippen LogP contribution in [-0.2, 0) is 43.0 Å². The molecule has 3 N–H and O–H groups in total. The van der Waals surface area contributed by atoms with Crippen molar-refractivity contribution in [1.29, 1.82) is 0 Å². The van der Waals surface area contributed by atoms with Crippen molar-refractivity contribution in [3.05, 3.63) is 0 Å². The molecule has 0 bridgehead atoms. The zero-order valence-corrected chi connectivity index (χ0v) is 35.1. The Morgan fingerprint density at radius 2 is 0.980 bits per heavy atom. The SMILES string of the molecule is CCOC(=O)[C@@H]1C[C@H](OC)CC[C@H]1C.COO.CO[C@@H]1CC[C@@H](C)[C@H](C(=O)O)C1.CO[C@@H]1CC[C@@H](C)[C@H](C(=O)OCC(F)(F)F)C1.ClCCl.[Na+].[OH-]. The number of halogens is 5. The van der Waals surface area contributed by atoms with Gasteiger partial charge in [-0.1, -0.05) is 20.8 Å². The number of ether oxygens (including phenoxy) is 5. The summed E-state index contributed by atoms with van der Waals surface area (Å²) in [6, 6.07) is 0. The maximum Gasteiger partial charge on any atom is 1.00 e. The Kier molecular flexibility index (Phi) is 37.0. The van der Waals surface area contributed by atoms with Crippen molar-refractivity contribution in [2.24, 2.45) is 35.5 Å². The minimum atomic E-state index is -4.46. The Balaban J connectivity index is -0.000000298. The second kappa shape index (κ2) is 32.9. The number of carbonyl (C=O) groups excluding carboxylic acids is 2. The Morgan fingerprint density at radius 1 is 0.686 bits per heavy atom. The first kappa shape index (κ1) is 57.3. The molecule has 0 spiro atoms. The van der Waals surface area contributed by atoms with Gasteiger partial charge in [-0.25, -0.2) is 4.89 Å². The Hall–Kier alpha value is -0.460. The number of carbonyl (C=O) groups is 3. The number of rotatable bonds is 8. The molecule has 0 aromatic rings. The average Bonchev–Trinajstić information content (AvgIpc) is 3.05. The third kappa shape index (κ3) is 26.1. The van der Waals surface area contributed by atoms with Crippen molar-refractivity contribution in [3.8, 4) is 0 Å². The van der Waals surface area contributed by atoms with Crippen LogP contribution in [0.15, 0.2) is 0 Å². The molecule has 9 atom stereocenters. The molecule has 12 nitrogen and oxygen atoms in total. The second-order valence-corrected chi connectivity index (χ2v) is 13.2. The molecule has 3 saturated carbocycles. The van der Waals surface area contributed by atoms with E-state index in [0.29, 0.717) is 31.3 Å². The number of methoxy groups -OCH3 is 3. The fraction of sp³-hybridized carbons (Fsp3) is 0.909. The molecule has 18 heteroatoms. The molecule has 0 aromatic heterocycles. The fourth-order valence-electron chi connectivity index (χ4n) is 6.00. The zero-order chi connectivity index (χ0) is 38.2. The molecular weight excluding hydrogens is 739 g/mol. The summed E-state index contributed by atoms with van der Waals surface area (Å²) in [6.07, 6.45) is 3.49. The van der Waals surface area contributed by atoms with E-state index in [4.69, 9.17) is 52.5 Å². The summed E-state index contributed by atoms with van der Waals surface area (Å²) in [5.41, 5.74) is 0. The van der Waals surface area contributed by atoms with E-state index in [1.165, 1.54) is 7.11 Å². The topological polar surface area (TPSA) is 177 Å². The average molecular weight is 800 g/mol. The number of esters is 2. The maximum atomic E-state index is 11.9. The van der Waals surface area contributed by atoms with Crippen molar-refractivity contribution in [2.45, 2.75) is 110 Å². The van der Waals surface area contributed by atoms with Crippen LogP contribution in [0, 0.1) is 35.5 Å². The van der Waals surface area contributed by atoms with Gasteiger partial charge in [-0.2, -0.15) is 13.2 Å². The molecular formula is C33H60Cl2F3NaO12. The number of carboxylic acids is 1. The van der Waals surface area contributed by atoms with Crippen LogP contribution in [0.3, 0.4) is 0 Å². The molecule has 0 saturated heterocycles. The Labute approximate surface area is 333 Å². The van der Waals surface area contributed by atoms with Gasteiger partial charge in [0.05, 0.1) is 55.1 Å². The van der Waals surface area contributed by atoms with E-state index in [1.807, 2.05) is 20.8 Å². The van der Waals surface area contributed by atoms with Crippen LogP contribution in [0.4, 0.5) is 13.2 Å². The molecule has 0 radical (unpaired) electrons. The zero-order valence-electron chi connectivity index (χ0n) is 31.6. The Morgan fingerprint density at radius 3 is 1.25 bits per heavy atom. The number of hydrogen-bond acceptors (Lipinski definition) is 11. The van der Waals surface area contributed by atoms with Crippen LogP contribution < -0.4 is 29.6 Å². The quantitative estimate of drug-likeness (QED) is 0.116. The minimum Gasteiger partial charge on any atom is -0.870 e. The van der Waals surface area contributed by atoms with Crippen LogP contribution in [0.5, 0.6) is 0 Å². The third-order valence-corrected chi connectivity index (χ3v) is 9.03. The van der Waals surface area contributed by atoms with Crippen LogP contribution in [0.2, 0.25) is 0 Å². The molecule has 3 aliphatic carbocycles. The van der Waals surface area contributed by atoms with E-state index in [2.05, 4.69) is 16.5 Å². The number of aliphatic carboxylic acids is 1. The summed E-state index contributed by atoms with van der Waals surface area (Å²) in [7, 11) is 6.08. The van der Waals surface area contributed by atoms with Crippen molar-refractivity contribution >= 4 is 41.1 Å². The van der Waals surface area contributed by atoms with Gasteiger partial charge in [-0.3, -0.25) is 19.6 Å². The van der Waals surface area contributed by atoms with Crippen molar-refractivity contribution in [2.75, 3.05) is 47.0 Å². The van der Waals surface area contributed by atoms with Crippen molar-refractivity contribution < 1.29 is 102 Å². The largest absolute Gasteiger partial charge is 1.00 e. The monoisotopic (exact) mass is 798 g/mol. The van der Waals surface area contributed by atoms with E-state index < -0.39 is 30.6 Å². The van der Waals surface area contributed by atoms with Gasteiger partial charge < -0.3 is 34.3 Å². The molecule has 0 unspecified atom stereocenters. The summed E-state index contributed by atoms with van der Waals surface area (Å²) in [6.45, 7) is 6.79. The first-order valence-electron chi connectivity index (χ1n) is 16.5. The van der Waals surface area contributed by atoms with Crippen LogP contribution >= 0.6 is 23.2 Å². The molecule has 300 valence electrons. The van der Waals surface area contributed by atoms with Gasteiger partial charge in [0.1, 0.15) is 0 Å². The number of hydrogen-bond donors (Lipinski definition) is 2. The molecule has 51 heavy (non-hydrogen) atoms. The number of alkyl halides is 5. The van der Waals surface area contributed by atoms with Crippen LogP contribution in [0.1, 0.15) is 85.5 Å². The smallest absolute Gasteiger partial charge is 0.870 e. The molecule has 0 amide bonds. The van der Waals surface area contributed by atoms with Gasteiger partial charge in [0, 0.05) is 21.3 Å². The van der Waals surface area contributed by atoms with E-state index in [-0.39, 0.29) is 82.4 Å². The van der Waals surface area contributed by atoms with E-state index in [0.717, 1.165) is 44.9 Å². The van der Waals surface area contributed by atoms with Crippen LogP contribution in [-0.4, -0.2) is 105 Å². The minimum absolute atomic E-state index is 0. The normalized spacial score (nSPS) is 28.2. The standard InChI is InChI=1S/C11H17F3O3.C11H20O3.C9H16O3.CH2Cl2.CH4O2.Na.H2O/c1-7-3-4-8(16-2)5-9(7)10(15)17-6-11(12,13)14;1-4-14-11(12)10-7-9(13-3)6-5-8(10)2;1-6-3-4-7(12-2)5-8(6)9(10)11;2-1-3;1-3-2;;/h7-9H,3-6H2,1-2H3;8-10H,4-7H2,1-3H3;6-8H,3-5H2,1-2H3,(H,10,11);1H2;2H,1H3;;1H2/q;;;;;+1;/p-1/t7-,8-,9-;8-,9-,10-;6-,7-,8-;;;;/m111..../s1. The van der Waals surface area contributed by atoms with E-state index in [9.17, 15) is 27.6 Å². The molecule has 3 aliphatic rings. The summed E-state index contributed by atoms with van der Waals surface area (Å²) < 4.78 is 60.7. The van der Waals surface area contributed by atoms with Crippen molar-refractivity contribution in [1.82, 2.24) is 0 Å². The van der Waals surface area contributed by atoms with E-state index in [1.54, 1.807) is 21.3 Å².